The number of esters is 1. The number of unbranched alkanes of at least 4 members (excludes halogenated alkanes) is 1. The number of allylic oxidation sites excluding steroid dienone is 1. The first kappa shape index (κ1) is 26.0. The smallest absolute Gasteiger partial charge is 0.311 e. The van der Waals surface area contributed by atoms with Gasteiger partial charge in [-0.05, 0) is 31.7 Å². The van der Waals surface area contributed by atoms with Gasteiger partial charge in [-0.15, -0.1) is 11.8 Å². The highest BCUT2D eigenvalue weighted by atomic mass is 32.2. The molecule has 0 bridgehead atoms. The van der Waals surface area contributed by atoms with Gasteiger partial charge >= 0.3 is 5.97 Å². The number of cyclic esters (lactones) is 1. The summed E-state index contributed by atoms with van der Waals surface area (Å²) in [6.07, 6.45) is 11.5. The van der Waals surface area contributed by atoms with Crippen LogP contribution in [-0.4, -0.2) is 74.5 Å². The predicted octanol–water partition coefficient (Wildman–Crippen LogP) is 3.50. The molecule has 2 fully saturated rings. The fourth-order valence-corrected chi connectivity index (χ4v) is 8.68. The van der Waals surface area contributed by atoms with Gasteiger partial charge in [0.2, 0.25) is 11.8 Å². The number of rotatable bonds is 6. The number of carbonyl (C=O) groups excluding carboxylic acids is 3. The molecule has 1 N–H and O–H groups in total. The molecule has 0 aliphatic carbocycles. The van der Waals surface area contributed by atoms with Crippen molar-refractivity contribution < 1.29 is 24.2 Å². The zero-order chi connectivity index (χ0) is 26.2. The topological polar surface area (TPSA) is 87.2 Å². The summed E-state index contributed by atoms with van der Waals surface area (Å²) in [5.41, 5.74) is 0.763. The van der Waals surface area contributed by atoms with Gasteiger partial charge in [-0.3, -0.25) is 14.4 Å². The number of aliphatic hydroxyl groups excluding tert-OH is 1. The Morgan fingerprint density at radius 3 is 2.62 bits per heavy atom. The number of carbonyl (C=O) groups is 3. The molecule has 37 heavy (non-hydrogen) atoms. The highest BCUT2D eigenvalue weighted by molar-refractivity contribution is 8.02. The van der Waals surface area contributed by atoms with Crippen molar-refractivity contribution in [2.75, 3.05) is 26.3 Å². The Hall–Kier alpha value is -2.58. The minimum atomic E-state index is -0.945. The lowest BCUT2D eigenvalue weighted by Gasteiger charge is -2.40. The molecular weight excluding hydrogens is 488 g/mol. The second-order valence-corrected chi connectivity index (χ2v) is 12.4. The third kappa shape index (κ3) is 4.22. The van der Waals surface area contributed by atoms with Gasteiger partial charge in [0.1, 0.15) is 6.04 Å². The van der Waals surface area contributed by atoms with Crippen molar-refractivity contribution in [2.24, 2.45) is 11.8 Å². The Balaban J connectivity index is 1.67. The Bertz CT molecular complexity index is 1110. The number of hydrogen-bond donors (Lipinski definition) is 1. The van der Waals surface area contributed by atoms with Gasteiger partial charge in [-0.1, -0.05) is 68.0 Å². The highest BCUT2D eigenvalue weighted by Crippen LogP contribution is 2.66. The van der Waals surface area contributed by atoms with Crippen LogP contribution >= 0.6 is 11.8 Å². The van der Waals surface area contributed by atoms with E-state index < -0.39 is 33.4 Å². The molecule has 1 spiro atoms. The standard InChI is InChI=1S/C29H36N2O5S/c1-3-4-16-30-17-11-15-29-22(23-27(35)36-18-10-6-9-14-28(23,2)37-29)25(33)31(24(29)26(30)34)21(19-32)20-12-7-5-8-13-20/h5,7-9,11-15,21-24,32H,3-4,6,10,16-19H2,1-2H3/b14-9-/t21-,22+,23-,24?,28+,29+/m1/s1. The van der Waals surface area contributed by atoms with Gasteiger partial charge in [-0.2, -0.15) is 0 Å². The molecule has 4 heterocycles. The molecule has 198 valence electrons. The molecule has 5 rings (SSSR count). The molecular formula is C29H36N2O5S. The summed E-state index contributed by atoms with van der Waals surface area (Å²) in [4.78, 5) is 45.8. The second-order valence-electron chi connectivity index (χ2n) is 10.6. The number of hydrogen-bond acceptors (Lipinski definition) is 6. The fourth-order valence-electron chi connectivity index (χ4n) is 6.54. The first-order chi connectivity index (χ1) is 17.9. The van der Waals surface area contributed by atoms with Crippen LogP contribution in [0.25, 0.3) is 0 Å². The van der Waals surface area contributed by atoms with E-state index >= 15 is 0 Å². The van der Waals surface area contributed by atoms with E-state index in [0.29, 0.717) is 19.7 Å². The van der Waals surface area contributed by atoms with E-state index in [1.54, 1.807) is 16.7 Å². The molecule has 4 aliphatic rings. The zero-order valence-electron chi connectivity index (χ0n) is 21.5. The molecule has 1 aromatic rings. The van der Waals surface area contributed by atoms with Crippen molar-refractivity contribution in [3.05, 3.63) is 60.2 Å². The summed E-state index contributed by atoms with van der Waals surface area (Å²) in [6.45, 7) is 5.13. The number of ether oxygens (including phenoxy) is 1. The van der Waals surface area contributed by atoms with E-state index in [0.717, 1.165) is 31.2 Å². The molecule has 6 atom stereocenters. The molecule has 1 aromatic carbocycles. The van der Waals surface area contributed by atoms with Gasteiger partial charge in [0, 0.05) is 17.8 Å². The van der Waals surface area contributed by atoms with E-state index in [-0.39, 0.29) is 24.4 Å². The van der Waals surface area contributed by atoms with Crippen LogP contribution in [0.15, 0.2) is 54.6 Å². The number of amides is 2. The summed E-state index contributed by atoms with van der Waals surface area (Å²) in [5, 5.41) is 10.6. The average Bonchev–Trinajstić information content (AvgIpc) is 3.24. The first-order valence-electron chi connectivity index (χ1n) is 13.4. The minimum absolute atomic E-state index is 0.122. The number of benzene rings is 1. The van der Waals surface area contributed by atoms with Crippen LogP contribution in [-0.2, 0) is 19.1 Å². The summed E-state index contributed by atoms with van der Waals surface area (Å²) < 4.78 is 4.04. The van der Waals surface area contributed by atoms with Gasteiger partial charge in [0.05, 0.1) is 35.8 Å². The third-order valence-corrected chi connectivity index (χ3v) is 10.0. The Labute approximate surface area is 222 Å². The van der Waals surface area contributed by atoms with E-state index in [1.165, 1.54) is 0 Å². The van der Waals surface area contributed by atoms with Crippen LogP contribution in [0, 0.1) is 11.8 Å². The van der Waals surface area contributed by atoms with Crippen molar-refractivity contribution in [1.82, 2.24) is 9.80 Å². The maximum atomic E-state index is 14.5. The number of thioether (sulfide) groups is 1. The molecule has 4 aliphatic heterocycles. The van der Waals surface area contributed by atoms with Crippen molar-refractivity contribution in [3.63, 3.8) is 0 Å². The minimum Gasteiger partial charge on any atom is -0.465 e. The number of likely N-dealkylation sites (tertiary alicyclic amines) is 1. The Morgan fingerprint density at radius 2 is 1.89 bits per heavy atom. The second kappa shape index (κ2) is 10.3. The van der Waals surface area contributed by atoms with E-state index in [1.807, 2.05) is 54.3 Å². The van der Waals surface area contributed by atoms with Crippen LogP contribution in [0.2, 0.25) is 0 Å². The van der Waals surface area contributed by atoms with Crippen LogP contribution in [0.3, 0.4) is 0 Å². The molecule has 0 radical (unpaired) electrons. The summed E-state index contributed by atoms with van der Waals surface area (Å²) in [5.74, 6) is -2.28. The maximum absolute atomic E-state index is 14.5. The monoisotopic (exact) mass is 524 g/mol. The molecule has 0 saturated carbocycles. The maximum Gasteiger partial charge on any atom is 0.311 e. The summed E-state index contributed by atoms with van der Waals surface area (Å²) in [6, 6.07) is 7.82. The Morgan fingerprint density at radius 1 is 1.11 bits per heavy atom. The van der Waals surface area contributed by atoms with Crippen LogP contribution in [0.4, 0.5) is 0 Å². The lowest BCUT2D eigenvalue weighted by molar-refractivity contribution is -0.154. The lowest BCUT2D eigenvalue weighted by Crippen LogP contribution is -2.54. The van der Waals surface area contributed by atoms with Gasteiger partial charge in [0.25, 0.3) is 0 Å². The van der Waals surface area contributed by atoms with Gasteiger partial charge in [-0.25, -0.2) is 0 Å². The zero-order valence-corrected chi connectivity index (χ0v) is 22.4. The first-order valence-corrected chi connectivity index (χ1v) is 14.2. The summed E-state index contributed by atoms with van der Waals surface area (Å²) >= 11 is 1.54. The SMILES string of the molecule is CCCCN1CC=C[C@]23S[C@@]4(C)/C=C\CCCOC(=O)[C@H]4[C@H]2C(=O)N([C@H](CO)c2ccccc2)C3C1=O. The van der Waals surface area contributed by atoms with Crippen LogP contribution in [0.5, 0.6) is 0 Å². The molecule has 2 amide bonds. The number of aliphatic hydroxyl groups is 1. The molecule has 1 unspecified atom stereocenters. The highest BCUT2D eigenvalue weighted by Gasteiger charge is 2.74. The quantitative estimate of drug-likeness (QED) is 0.453. The Kier molecular flexibility index (Phi) is 7.24. The van der Waals surface area contributed by atoms with E-state index in [2.05, 4.69) is 19.1 Å². The van der Waals surface area contributed by atoms with Crippen molar-refractivity contribution in [2.45, 2.75) is 61.1 Å². The van der Waals surface area contributed by atoms with Gasteiger partial charge in [0.15, 0.2) is 0 Å². The van der Waals surface area contributed by atoms with Crippen molar-refractivity contribution in [1.29, 1.82) is 0 Å². The lowest BCUT2D eigenvalue weighted by atomic mass is 9.74. The van der Waals surface area contributed by atoms with Crippen LogP contribution in [0.1, 0.15) is 51.1 Å². The third-order valence-electron chi connectivity index (χ3n) is 8.25. The van der Waals surface area contributed by atoms with Crippen molar-refractivity contribution in [3.8, 4) is 0 Å². The van der Waals surface area contributed by atoms with Crippen molar-refractivity contribution >= 4 is 29.5 Å². The normalized spacial score (nSPS) is 35.0. The van der Waals surface area contributed by atoms with Gasteiger partial charge < -0.3 is 19.6 Å². The average molecular weight is 525 g/mol. The van der Waals surface area contributed by atoms with E-state index in [9.17, 15) is 19.5 Å². The predicted molar refractivity (Wildman–Crippen MR) is 143 cm³/mol. The summed E-state index contributed by atoms with van der Waals surface area (Å²) in [7, 11) is 0. The van der Waals surface area contributed by atoms with Crippen LogP contribution < -0.4 is 0 Å². The molecule has 8 heteroatoms. The number of nitrogens with zero attached hydrogens (tertiary/aromatic N) is 2. The molecule has 7 nitrogen and oxygen atoms in total. The molecule has 0 aromatic heterocycles. The number of fused-ring (bicyclic) bond motifs is 2. The molecule has 2 saturated heterocycles. The van der Waals surface area contributed by atoms with E-state index in [4.69, 9.17) is 4.74 Å². The largest absolute Gasteiger partial charge is 0.465 e. The fraction of sp³-hybridized carbons (Fsp3) is 0.552.